The van der Waals surface area contributed by atoms with Crippen molar-refractivity contribution in [2.24, 2.45) is 0 Å². The average molecular weight is 504 g/mol. The second kappa shape index (κ2) is 11.5. The first-order chi connectivity index (χ1) is 18.2. The fourth-order valence-electron chi connectivity index (χ4n) is 4.85. The van der Waals surface area contributed by atoms with Crippen LogP contribution in [0.2, 0.25) is 0 Å². The Hall–Kier alpha value is -3.75. The van der Waals surface area contributed by atoms with Gasteiger partial charge in [0.1, 0.15) is 0 Å². The van der Waals surface area contributed by atoms with Crippen LogP contribution in [0.4, 0.5) is 0 Å². The fourth-order valence-corrected chi connectivity index (χ4v) is 7.87. The predicted molar refractivity (Wildman–Crippen MR) is 152 cm³/mol. The molecule has 37 heavy (non-hydrogen) atoms. The molecule has 2 atom stereocenters. The van der Waals surface area contributed by atoms with Crippen molar-refractivity contribution in [2.75, 3.05) is 0 Å². The molecule has 0 amide bonds. The Morgan fingerprint density at radius 2 is 0.919 bits per heavy atom. The van der Waals surface area contributed by atoms with Gasteiger partial charge in [0.2, 0.25) is 7.29 Å². The van der Waals surface area contributed by atoms with Gasteiger partial charge in [0.25, 0.3) is 0 Å². The lowest BCUT2D eigenvalue weighted by atomic mass is 9.95. The van der Waals surface area contributed by atoms with Crippen LogP contribution in [0.3, 0.4) is 0 Å². The number of hydrogen-bond donors (Lipinski definition) is 1. The molecule has 3 nitrogen and oxygen atoms in total. The van der Waals surface area contributed by atoms with Crippen LogP contribution >= 0.6 is 7.29 Å². The molecule has 0 spiro atoms. The molecule has 5 rings (SSSR count). The second-order valence-electron chi connectivity index (χ2n) is 9.04. The van der Waals surface area contributed by atoms with Crippen LogP contribution in [0.15, 0.2) is 152 Å². The van der Waals surface area contributed by atoms with E-state index < -0.39 is 19.4 Å². The monoisotopic (exact) mass is 503 g/mol. The smallest absolute Gasteiger partial charge is 0.208 e. The van der Waals surface area contributed by atoms with Gasteiger partial charge in [0.05, 0.1) is 12.1 Å². The minimum atomic E-state index is -3.42. The normalized spacial score (nSPS) is 13.2. The van der Waals surface area contributed by atoms with E-state index in [-0.39, 0.29) is 0 Å². The molecule has 0 radical (unpaired) electrons. The zero-order chi connectivity index (χ0) is 25.5. The quantitative estimate of drug-likeness (QED) is 0.223. The summed E-state index contributed by atoms with van der Waals surface area (Å²) in [5, 5.41) is 13.4. The molecule has 1 N–H and O–H groups in total. The molecule has 0 fully saturated rings. The van der Waals surface area contributed by atoms with Gasteiger partial charge in [-0.05, 0) is 41.0 Å². The molecule has 5 aromatic rings. The van der Waals surface area contributed by atoms with Crippen molar-refractivity contribution in [1.29, 1.82) is 0 Å². The largest absolute Gasteiger partial charge is 0.386 e. The third-order valence-electron chi connectivity index (χ3n) is 6.66. The molecule has 0 heterocycles. The lowest BCUT2D eigenvalue weighted by molar-refractivity contribution is 0.0865. The molecular weight excluding hydrogens is 473 g/mol. The van der Waals surface area contributed by atoms with E-state index in [1.165, 1.54) is 0 Å². The van der Waals surface area contributed by atoms with Crippen molar-refractivity contribution >= 4 is 17.9 Å². The Morgan fingerprint density at radius 1 is 0.541 bits per heavy atom. The van der Waals surface area contributed by atoms with Crippen LogP contribution < -0.4 is 10.6 Å². The van der Waals surface area contributed by atoms with Gasteiger partial charge >= 0.3 is 0 Å². The van der Waals surface area contributed by atoms with E-state index in [2.05, 4.69) is 0 Å². The molecule has 0 saturated heterocycles. The Kier molecular flexibility index (Phi) is 7.77. The van der Waals surface area contributed by atoms with Gasteiger partial charge in [0.15, 0.2) is 0 Å². The van der Waals surface area contributed by atoms with Gasteiger partial charge in [0, 0.05) is 17.2 Å². The number of benzene rings is 5. The first-order valence-electron chi connectivity index (χ1n) is 12.5. The van der Waals surface area contributed by atoms with Crippen LogP contribution in [-0.2, 0) is 11.1 Å². The van der Waals surface area contributed by atoms with Crippen molar-refractivity contribution < 1.29 is 9.67 Å². The summed E-state index contributed by atoms with van der Waals surface area (Å²) in [5.41, 5.74) is 2.71. The summed E-state index contributed by atoms with van der Waals surface area (Å²) in [4.78, 5) is 0. The van der Waals surface area contributed by atoms with Gasteiger partial charge in [-0.25, -0.2) is 4.67 Å². The maximum absolute atomic E-state index is 15.7. The van der Waals surface area contributed by atoms with Crippen LogP contribution in [0, 0.1) is 0 Å². The molecule has 0 bridgehead atoms. The van der Waals surface area contributed by atoms with E-state index in [4.69, 9.17) is 0 Å². The van der Waals surface area contributed by atoms with Crippen LogP contribution in [0.5, 0.6) is 0 Å². The summed E-state index contributed by atoms with van der Waals surface area (Å²) >= 11 is 0. The first-order valence-corrected chi connectivity index (χ1v) is 14.1. The minimum Gasteiger partial charge on any atom is -0.386 e. The number of aliphatic hydroxyl groups is 1. The number of aliphatic hydroxyl groups excluding tert-OH is 1. The van der Waals surface area contributed by atoms with Gasteiger partial charge in [-0.2, -0.15) is 0 Å². The molecule has 184 valence electrons. The number of rotatable bonds is 9. The number of hydrogen-bond acceptors (Lipinski definition) is 2. The van der Waals surface area contributed by atoms with Crippen molar-refractivity contribution in [2.45, 2.75) is 18.7 Å². The van der Waals surface area contributed by atoms with E-state index in [0.717, 1.165) is 27.3 Å². The van der Waals surface area contributed by atoms with E-state index in [9.17, 15) is 5.11 Å². The zero-order valence-electron chi connectivity index (χ0n) is 20.5. The molecular formula is C33H30NO2P. The topological polar surface area (TPSA) is 40.5 Å². The van der Waals surface area contributed by atoms with Gasteiger partial charge in [-0.3, -0.25) is 4.57 Å². The third kappa shape index (κ3) is 5.35. The van der Waals surface area contributed by atoms with Crippen molar-refractivity contribution in [3.05, 3.63) is 168 Å². The SMILES string of the molecule is O=P(c1ccccc1)(c1ccccc1)N(Cc1ccccc1)C(c1ccccc1)C(O)c1ccccc1. The summed E-state index contributed by atoms with van der Waals surface area (Å²) in [6.07, 6.45) is -0.909. The fraction of sp³-hybridized carbons (Fsp3) is 0.0909. The minimum absolute atomic E-state index is 0.394. The van der Waals surface area contributed by atoms with Crippen LogP contribution in [-0.4, -0.2) is 9.78 Å². The number of nitrogens with zero attached hydrogens (tertiary/aromatic N) is 1. The highest BCUT2D eigenvalue weighted by Crippen LogP contribution is 2.55. The summed E-state index contributed by atoms with van der Waals surface area (Å²) in [7, 11) is -3.42. The highest BCUT2D eigenvalue weighted by atomic mass is 31.2. The summed E-state index contributed by atoms with van der Waals surface area (Å²) in [6, 6.07) is 48.4. The summed E-state index contributed by atoms with van der Waals surface area (Å²) in [6.45, 7) is 0.394. The third-order valence-corrected chi connectivity index (χ3v) is 9.77. The lowest BCUT2D eigenvalue weighted by Gasteiger charge is -2.41. The highest BCUT2D eigenvalue weighted by Gasteiger charge is 2.42. The van der Waals surface area contributed by atoms with E-state index in [1.54, 1.807) is 0 Å². The van der Waals surface area contributed by atoms with E-state index in [1.807, 2.05) is 156 Å². The molecule has 0 saturated carbocycles. The first kappa shape index (κ1) is 24.9. The molecule has 0 aliphatic carbocycles. The molecule has 0 aromatic heterocycles. The summed E-state index contributed by atoms with van der Waals surface area (Å²) < 4.78 is 17.7. The van der Waals surface area contributed by atoms with Gasteiger partial charge in [-0.15, -0.1) is 0 Å². The highest BCUT2D eigenvalue weighted by molar-refractivity contribution is 7.76. The molecule has 4 heteroatoms. The molecule has 0 aliphatic rings. The average Bonchev–Trinajstić information content (AvgIpc) is 2.99. The van der Waals surface area contributed by atoms with Gasteiger partial charge < -0.3 is 5.11 Å². The summed E-state index contributed by atoms with van der Waals surface area (Å²) in [5.74, 6) is 0. The lowest BCUT2D eigenvalue weighted by Crippen LogP contribution is -2.37. The van der Waals surface area contributed by atoms with Gasteiger partial charge in [-0.1, -0.05) is 127 Å². The van der Waals surface area contributed by atoms with Crippen molar-refractivity contribution in [1.82, 2.24) is 4.67 Å². The van der Waals surface area contributed by atoms with E-state index in [0.29, 0.717) is 6.54 Å². The Bertz CT molecular complexity index is 1390. The predicted octanol–water partition coefficient (Wildman–Crippen LogP) is 6.89. The van der Waals surface area contributed by atoms with Crippen LogP contribution in [0.25, 0.3) is 0 Å². The zero-order valence-corrected chi connectivity index (χ0v) is 21.4. The van der Waals surface area contributed by atoms with Crippen LogP contribution in [0.1, 0.15) is 28.8 Å². The Labute approximate surface area is 219 Å². The second-order valence-corrected chi connectivity index (χ2v) is 11.7. The molecule has 2 unspecified atom stereocenters. The maximum atomic E-state index is 15.7. The maximum Gasteiger partial charge on any atom is 0.208 e. The Morgan fingerprint density at radius 3 is 1.38 bits per heavy atom. The standard InChI is InChI=1S/C33H30NO2P/c35-33(29-20-10-3-11-21-29)32(28-18-8-2-9-19-28)34(26-27-16-6-1-7-17-27)37(36,30-22-12-4-13-23-30)31-24-14-5-15-25-31/h1-25,32-33,35H,26H2. The Balaban J connectivity index is 1.78. The van der Waals surface area contributed by atoms with Crippen molar-refractivity contribution in [3.63, 3.8) is 0 Å². The van der Waals surface area contributed by atoms with Crippen molar-refractivity contribution in [3.8, 4) is 0 Å². The van der Waals surface area contributed by atoms with E-state index >= 15 is 4.57 Å². The molecule has 5 aromatic carbocycles. The molecule has 0 aliphatic heterocycles.